The molecule has 0 unspecified atom stereocenters. The molecule has 1 aromatic heterocycles. The molecule has 0 saturated heterocycles. The number of ether oxygens (including phenoxy) is 3. The summed E-state index contributed by atoms with van der Waals surface area (Å²) in [5.41, 5.74) is 8.75. The third-order valence-electron chi connectivity index (χ3n) is 6.29. The first kappa shape index (κ1) is 28.9. The predicted molar refractivity (Wildman–Crippen MR) is 160 cm³/mol. The van der Waals surface area contributed by atoms with Crippen LogP contribution in [0.2, 0.25) is 0 Å². The molecule has 0 fully saturated rings. The van der Waals surface area contributed by atoms with Crippen LogP contribution in [0.4, 0.5) is 0 Å². The highest BCUT2D eigenvalue weighted by molar-refractivity contribution is 5.95. The summed E-state index contributed by atoms with van der Waals surface area (Å²) >= 11 is 0. The SMILES string of the molecule is C=CCc1cc(/C=N/NC(=O)c2ccc(-n3c(C)ccc3-c3ccccc3)cc2)cc(OCC)c1OCC(=O)OC. The summed E-state index contributed by atoms with van der Waals surface area (Å²) < 4.78 is 18.3. The van der Waals surface area contributed by atoms with Crippen LogP contribution in [0.25, 0.3) is 16.9 Å². The first-order valence-corrected chi connectivity index (χ1v) is 13.2. The smallest absolute Gasteiger partial charge is 0.343 e. The number of hydrogen-bond acceptors (Lipinski definition) is 6. The number of hydrogen-bond donors (Lipinski definition) is 1. The number of nitrogens with zero attached hydrogens (tertiary/aromatic N) is 2. The minimum atomic E-state index is -0.501. The zero-order chi connectivity index (χ0) is 29.2. The molecule has 8 heteroatoms. The molecule has 1 amide bonds. The Morgan fingerprint density at radius 2 is 1.76 bits per heavy atom. The van der Waals surface area contributed by atoms with Crippen molar-refractivity contribution in [3.05, 3.63) is 114 Å². The number of benzene rings is 3. The minimum absolute atomic E-state index is 0.250. The van der Waals surface area contributed by atoms with Crippen LogP contribution in [0.15, 0.2) is 96.6 Å². The van der Waals surface area contributed by atoms with Gasteiger partial charge < -0.3 is 18.8 Å². The van der Waals surface area contributed by atoms with Crippen LogP contribution >= 0.6 is 0 Å². The van der Waals surface area contributed by atoms with Gasteiger partial charge in [0.05, 0.1) is 25.6 Å². The number of rotatable bonds is 12. The maximum atomic E-state index is 12.8. The van der Waals surface area contributed by atoms with Gasteiger partial charge in [0, 0.05) is 22.5 Å². The number of esters is 1. The van der Waals surface area contributed by atoms with Gasteiger partial charge >= 0.3 is 5.97 Å². The van der Waals surface area contributed by atoms with Crippen LogP contribution < -0.4 is 14.9 Å². The van der Waals surface area contributed by atoms with Gasteiger partial charge in [-0.2, -0.15) is 5.10 Å². The van der Waals surface area contributed by atoms with Crippen LogP contribution in [-0.4, -0.2) is 43.0 Å². The third-order valence-corrected chi connectivity index (χ3v) is 6.29. The van der Waals surface area contributed by atoms with E-state index in [-0.39, 0.29) is 12.5 Å². The molecule has 0 spiro atoms. The summed E-state index contributed by atoms with van der Waals surface area (Å²) in [5, 5.41) is 4.15. The number of carbonyl (C=O) groups excluding carboxylic acids is 2. The van der Waals surface area contributed by atoms with E-state index in [1.54, 1.807) is 24.3 Å². The molecule has 0 aliphatic heterocycles. The van der Waals surface area contributed by atoms with Crippen molar-refractivity contribution in [1.82, 2.24) is 9.99 Å². The fourth-order valence-electron chi connectivity index (χ4n) is 4.39. The summed E-state index contributed by atoms with van der Waals surface area (Å²) in [6.45, 7) is 7.85. The van der Waals surface area contributed by atoms with Crippen molar-refractivity contribution < 1.29 is 23.8 Å². The highest BCUT2D eigenvalue weighted by atomic mass is 16.6. The maximum Gasteiger partial charge on any atom is 0.343 e. The Morgan fingerprint density at radius 1 is 1.00 bits per heavy atom. The van der Waals surface area contributed by atoms with Crippen molar-refractivity contribution in [3.63, 3.8) is 0 Å². The van der Waals surface area contributed by atoms with Gasteiger partial charge in [-0.25, -0.2) is 10.2 Å². The van der Waals surface area contributed by atoms with Gasteiger partial charge in [0.15, 0.2) is 18.1 Å². The van der Waals surface area contributed by atoms with E-state index in [9.17, 15) is 9.59 Å². The van der Waals surface area contributed by atoms with Gasteiger partial charge in [-0.1, -0.05) is 36.4 Å². The summed E-state index contributed by atoms with van der Waals surface area (Å²) in [5.74, 6) is 0.0503. The molecule has 4 rings (SSSR count). The van der Waals surface area contributed by atoms with E-state index in [0.717, 1.165) is 28.2 Å². The standard InChI is InChI=1S/C33H33N3O5/c1-5-10-27-19-24(20-30(40-6-2)32(27)41-22-31(37)39-4)21-34-35-33(38)26-14-16-28(17-15-26)36-23(3)13-18-29(36)25-11-8-7-9-12-25/h5,7-9,11-21H,1,6,10,22H2,2-4H3,(H,35,38)/b34-21+. The zero-order valence-corrected chi connectivity index (χ0v) is 23.4. The highest BCUT2D eigenvalue weighted by Crippen LogP contribution is 2.34. The average Bonchev–Trinajstić information content (AvgIpc) is 3.38. The molecule has 0 atom stereocenters. The van der Waals surface area contributed by atoms with Gasteiger partial charge in [0.1, 0.15) is 0 Å². The molecule has 4 aromatic rings. The predicted octanol–water partition coefficient (Wildman–Crippen LogP) is 5.90. The number of aryl methyl sites for hydroxylation is 1. The molecular formula is C33H33N3O5. The van der Waals surface area contributed by atoms with Crippen LogP contribution in [0.5, 0.6) is 11.5 Å². The Hall–Kier alpha value is -5.11. The van der Waals surface area contributed by atoms with Crippen LogP contribution in [0.1, 0.15) is 34.1 Å². The van der Waals surface area contributed by atoms with Gasteiger partial charge in [-0.15, -0.1) is 6.58 Å². The van der Waals surface area contributed by atoms with Gasteiger partial charge in [0.2, 0.25) is 0 Å². The Morgan fingerprint density at radius 3 is 2.44 bits per heavy atom. The summed E-state index contributed by atoms with van der Waals surface area (Å²) in [4.78, 5) is 24.4. The van der Waals surface area contributed by atoms with Crippen LogP contribution in [0, 0.1) is 6.92 Å². The maximum absolute atomic E-state index is 12.8. The lowest BCUT2D eigenvalue weighted by atomic mass is 10.1. The fraction of sp³-hybridized carbons (Fsp3) is 0.182. The van der Waals surface area contributed by atoms with Gasteiger partial charge in [0.25, 0.3) is 5.91 Å². The highest BCUT2D eigenvalue weighted by Gasteiger charge is 2.15. The number of carbonyl (C=O) groups is 2. The summed E-state index contributed by atoms with van der Waals surface area (Å²) in [6, 6.07) is 25.3. The lowest BCUT2D eigenvalue weighted by Gasteiger charge is -2.16. The van der Waals surface area contributed by atoms with Crippen molar-refractivity contribution in [2.75, 3.05) is 20.3 Å². The van der Waals surface area contributed by atoms with Crippen molar-refractivity contribution >= 4 is 18.1 Å². The van der Waals surface area contributed by atoms with Crippen LogP contribution in [-0.2, 0) is 16.0 Å². The van der Waals surface area contributed by atoms with E-state index < -0.39 is 5.97 Å². The lowest BCUT2D eigenvalue weighted by Crippen LogP contribution is -2.17. The molecule has 1 heterocycles. The third kappa shape index (κ3) is 7.10. The van der Waals surface area contributed by atoms with Crippen molar-refractivity contribution in [3.8, 4) is 28.4 Å². The van der Waals surface area contributed by atoms with E-state index in [4.69, 9.17) is 9.47 Å². The van der Waals surface area contributed by atoms with Crippen molar-refractivity contribution in [1.29, 1.82) is 0 Å². The number of allylic oxidation sites excluding steroid dienone is 1. The molecule has 0 bridgehead atoms. The number of nitrogens with one attached hydrogen (secondary N) is 1. The molecule has 0 aliphatic carbocycles. The minimum Gasteiger partial charge on any atom is -0.490 e. The second kappa shape index (κ2) is 13.8. The lowest BCUT2D eigenvalue weighted by molar-refractivity contribution is -0.142. The van der Waals surface area contributed by atoms with E-state index >= 15 is 0 Å². The quantitative estimate of drug-likeness (QED) is 0.103. The Kier molecular flexibility index (Phi) is 9.72. The zero-order valence-electron chi connectivity index (χ0n) is 23.4. The second-order valence-electron chi connectivity index (χ2n) is 9.11. The largest absolute Gasteiger partial charge is 0.490 e. The fourth-order valence-corrected chi connectivity index (χ4v) is 4.39. The molecule has 210 valence electrons. The first-order valence-electron chi connectivity index (χ1n) is 13.2. The Balaban J connectivity index is 1.49. The molecule has 0 radical (unpaired) electrons. The summed E-state index contributed by atoms with van der Waals surface area (Å²) in [6.07, 6.45) is 3.73. The van der Waals surface area contributed by atoms with E-state index in [0.29, 0.717) is 35.7 Å². The van der Waals surface area contributed by atoms with Crippen molar-refractivity contribution in [2.24, 2.45) is 5.10 Å². The van der Waals surface area contributed by atoms with E-state index in [1.165, 1.54) is 13.3 Å². The van der Waals surface area contributed by atoms with E-state index in [2.05, 4.69) is 57.6 Å². The topological polar surface area (TPSA) is 91.2 Å². The van der Waals surface area contributed by atoms with Gasteiger partial charge in [-0.05, 0) is 79.9 Å². The average molecular weight is 552 g/mol. The number of methoxy groups -OCH3 is 1. The molecular weight excluding hydrogens is 518 g/mol. The Bertz CT molecular complexity index is 1540. The molecule has 0 saturated carbocycles. The first-order chi connectivity index (χ1) is 19.9. The van der Waals surface area contributed by atoms with Gasteiger partial charge in [-0.3, -0.25) is 4.79 Å². The molecule has 1 N–H and O–H groups in total. The Labute approximate surface area is 239 Å². The number of aromatic nitrogens is 1. The summed E-state index contributed by atoms with van der Waals surface area (Å²) in [7, 11) is 1.30. The number of amides is 1. The second-order valence-corrected chi connectivity index (χ2v) is 9.11. The van der Waals surface area contributed by atoms with Crippen molar-refractivity contribution in [2.45, 2.75) is 20.3 Å². The van der Waals surface area contributed by atoms with Crippen LogP contribution in [0.3, 0.4) is 0 Å². The molecule has 3 aromatic carbocycles. The molecule has 8 nitrogen and oxygen atoms in total. The van der Waals surface area contributed by atoms with E-state index in [1.807, 2.05) is 43.3 Å². The number of hydrazone groups is 1. The monoisotopic (exact) mass is 551 g/mol. The normalized spacial score (nSPS) is 10.8. The molecule has 0 aliphatic rings. The molecule has 41 heavy (non-hydrogen) atoms.